The molecule has 0 bridgehead atoms. The predicted octanol–water partition coefficient (Wildman–Crippen LogP) is 3.73. The molecule has 0 heterocycles. The normalized spacial score (nSPS) is 11.4. The van der Waals surface area contributed by atoms with Gasteiger partial charge in [0, 0.05) is 17.4 Å². The van der Waals surface area contributed by atoms with Crippen molar-refractivity contribution >= 4 is 23.4 Å². The summed E-state index contributed by atoms with van der Waals surface area (Å²) in [6.07, 6.45) is 0.227. The summed E-state index contributed by atoms with van der Waals surface area (Å²) in [7, 11) is 0. The number of carboxylic acids is 1. The smallest absolute Gasteiger partial charge is 0.337 e. The summed E-state index contributed by atoms with van der Waals surface area (Å²) in [5.74, 6) is -1.83. The van der Waals surface area contributed by atoms with E-state index >= 15 is 0 Å². The van der Waals surface area contributed by atoms with Gasteiger partial charge in [0.2, 0.25) is 0 Å². The monoisotopic (exact) mass is 286 g/mol. The first kappa shape index (κ1) is 15.6. The molecule has 0 amide bonds. The molecule has 0 radical (unpaired) electrons. The van der Waals surface area contributed by atoms with E-state index in [0.717, 1.165) is 12.1 Å². The molecule has 0 aliphatic heterocycles. The lowest BCUT2D eigenvalue weighted by molar-refractivity contribution is -0.126. The van der Waals surface area contributed by atoms with Crippen LogP contribution in [0.2, 0.25) is 5.02 Å². The maximum Gasteiger partial charge on any atom is 0.337 e. The van der Waals surface area contributed by atoms with Gasteiger partial charge in [0.05, 0.1) is 10.6 Å². The summed E-state index contributed by atoms with van der Waals surface area (Å²) in [5.41, 5.74) is -0.576. The molecule has 1 aromatic carbocycles. The Kier molecular flexibility index (Phi) is 4.69. The van der Waals surface area contributed by atoms with Gasteiger partial charge in [0.1, 0.15) is 11.6 Å². The van der Waals surface area contributed by atoms with Crippen molar-refractivity contribution in [3.63, 3.8) is 0 Å². The lowest BCUT2D eigenvalue weighted by atomic mass is 9.87. The third kappa shape index (κ3) is 3.77. The lowest BCUT2D eigenvalue weighted by Crippen LogP contribution is -2.20. The average Bonchev–Trinajstić information content (AvgIpc) is 2.26. The van der Waals surface area contributed by atoms with Crippen LogP contribution < -0.4 is 0 Å². The maximum atomic E-state index is 13.7. The number of Topliss-reactive ketones (excluding diaryl/α,β-unsaturated/α-hetero) is 1. The number of carbonyl (C=O) groups is 2. The van der Waals surface area contributed by atoms with Crippen molar-refractivity contribution < 1.29 is 19.1 Å². The summed E-state index contributed by atoms with van der Waals surface area (Å²) in [4.78, 5) is 22.7. The average molecular weight is 287 g/mol. The lowest BCUT2D eigenvalue weighted by Gasteiger charge is -2.17. The first-order valence-corrected chi connectivity index (χ1v) is 6.26. The quantitative estimate of drug-likeness (QED) is 0.917. The number of aromatic carboxylic acids is 1. The minimum absolute atomic E-state index is 0.0244. The molecule has 0 unspecified atom stereocenters. The molecule has 0 fully saturated rings. The maximum absolute atomic E-state index is 13.7. The number of carboxylic acid groups (broad SMARTS) is 1. The first-order chi connectivity index (χ1) is 8.64. The van der Waals surface area contributed by atoms with Gasteiger partial charge in [-0.05, 0) is 18.6 Å². The molecule has 19 heavy (non-hydrogen) atoms. The predicted molar refractivity (Wildman–Crippen MR) is 71.2 cm³/mol. The highest BCUT2D eigenvalue weighted by Gasteiger charge is 2.23. The molecule has 1 aromatic rings. The van der Waals surface area contributed by atoms with Crippen LogP contribution in [0.3, 0.4) is 0 Å². The summed E-state index contributed by atoms with van der Waals surface area (Å²) in [6, 6.07) is 2.18. The van der Waals surface area contributed by atoms with Crippen molar-refractivity contribution in [2.75, 3.05) is 0 Å². The summed E-state index contributed by atoms with van der Waals surface area (Å²) in [5, 5.41) is 8.78. The molecule has 1 rings (SSSR count). The summed E-state index contributed by atoms with van der Waals surface area (Å²) < 4.78 is 13.7. The van der Waals surface area contributed by atoms with Gasteiger partial charge in [-0.1, -0.05) is 32.4 Å². The van der Waals surface area contributed by atoms with Crippen molar-refractivity contribution in [1.29, 1.82) is 0 Å². The molecule has 1 N–H and O–H groups in total. The second kappa shape index (κ2) is 5.70. The molecular weight excluding hydrogens is 271 g/mol. The van der Waals surface area contributed by atoms with E-state index in [1.807, 2.05) is 0 Å². The number of benzene rings is 1. The Morgan fingerprint density at radius 2 is 1.89 bits per heavy atom. The van der Waals surface area contributed by atoms with Gasteiger partial charge >= 0.3 is 5.97 Å². The van der Waals surface area contributed by atoms with Crippen LogP contribution in [-0.2, 0) is 11.2 Å². The number of ketones is 1. The second-order valence-corrected chi connectivity index (χ2v) is 5.74. The van der Waals surface area contributed by atoms with Crippen LogP contribution in [0, 0.1) is 11.2 Å². The first-order valence-electron chi connectivity index (χ1n) is 5.88. The zero-order chi connectivity index (χ0) is 14.8. The van der Waals surface area contributed by atoms with E-state index in [0.29, 0.717) is 0 Å². The third-order valence-corrected chi connectivity index (χ3v) is 3.29. The molecule has 104 valence electrons. The van der Waals surface area contributed by atoms with E-state index in [1.165, 1.54) is 0 Å². The second-order valence-electron chi connectivity index (χ2n) is 5.37. The van der Waals surface area contributed by atoms with E-state index in [1.54, 1.807) is 20.8 Å². The van der Waals surface area contributed by atoms with Crippen molar-refractivity contribution in [3.05, 3.63) is 34.1 Å². The Morgan fingerprint density at radius 1 is 1.32 bits per heavy atom. The van der Waals surface area contributed by atoms with Crippen molar-refractivity contribution in [1.82, 2.24) is 0 Å². The van der Waals surface area contributed by atoms with E-state index in [-0.39, 0.29) is 34.8 Å². The van der Waals surface area contributed by atoms with Gasteiger partial charge in [-0.3, -0.25) is 4.79 Å². The van der Waals surface area contributed by atoms with Crippen molar-refractivity contribution in [3.8, 4) is 0 Å². The molecule has 0 aromatic heterocycles. The number of halogens is 2. The fourth-order valence-corrected chi connectivity index (χ4v) is 1.93. The van der Waals surface area contributed by atoms with Crippen LogP contribution in [0.5, 0.6) is 0 Å². The van der Waals surface area contributed by atoms with Gasteiger partial charge in [0.15, 0.2) is 0 Å². The molecule has 3 nitrogen and oxygen atoms in total. The Labute approximate surface area is 116 Å². The number of carbonyl (C=O) groups excluding carboxylic acids is 1. The molecule has 0 saturated carbocycles. The van der Waals surface area contributed by atoms with E-state index in [9.17, 15) is 14.0 Å². The van der Waals surface area contributed by atoms with Crippen LogP contribution in [-0.4, -0.2) is 16.9 Å². The zero-order valence-corrected chi connectivity index (χ0v) is 11.8. The fourth-order valence-electron chi connectivity index (χ4n) is 1.61. The van der Waals surface area contributed by atoms with Gasteiger partial charge in [-0.25, -0.2) is 9.18 Å². The Balaban J connectivity index is 2.99. The van der Waals surface area contributed by atoms with E-state index in [4.69, 9.17) is 16.7 Å². The van der Waals surface area contributed by atoms with E-state index in [2.05, 4.69) is 0 Å². The minimum Gasteiger partial charge on any atom is -0.478 e. The van der Waals surface area contributed by atoms with Crippen LogP contribution >= 0.6 is 11.6 Å². The molecular formula is C14H16ClFO3. The highest BCUT2D eigenvalue weighted by molar-refractivity contribution is 6.34. The number of hydrogen-bond acceptors (Lipinski definition) is 2. The molecule has 0 aliphatic rings. The van der Waals surface area contributed by atoms with Crippen LogP contribution in [0.1, 0.15) is 43.1 Å². The van der Waals surface area contributed by atoms with Gasteiger partial charge in [-0.2, -0.15) is 0 Å². The molecule has 0 saturated heterocycles. The summed E-state index contributed by atoms with van der Waals surface area (Å²) >= 11 is 5.87. The summed E-state index contributed by atoms with van der Waals surface area (Å²) in [6.45, 7) is 5.34. The number of hydrogen-bond donors (Lipinski definition) is 1. The van der Waals surface area contributed by atoms with Crippen LogP contribution in [0.15, 0.2) is 12.1 Å². The fraction of sp³-hybridized carbons (Fsp3) is 0.429. The standard InChI is InChI=1S/C14H16ClFO3/c1-14(2,3)11(17)7-5-8-10(16)6-4-9(12(8)15)13(18)19/h4,6H,5,7H2,1-3H3,(H,18,19). The SMILES string of the molecule is CC(C)(C)C(=O)CCc1c(F)ccc(C(=O)O)c1Cl. The molecule has 0 atom stereocenters. The van der Waals surface area contributed by atoms with Crippen LogP contribution in [0.25, 0.3) is 0 Å². The minimum atomic E-state index is -1.21. The van der Waals surface area contributed by atoms with Crippen LogP contribution in [0.4, 0.5) is 4.39 Å². The Hall–Kier alpha value is -1.42. The Morgan fingerprint density at radius 3 is 2.37 bits per heavy atom. The van der Waals surface area contributed by atoms with E-state index < -0.39 is 17.2 Å². The van der Waals surface area contributed by atoms with Crippen molar-refractivity contribution in [2.24, 2.45) is 5.41 Å². The Bertz CT molecular complexity index is 518. The highest BCUT2D eigenvalue weighted by Crippen LogP contribution is 2.27. The van der Waals surface area contributed by atoms with Crippen molar-refractivity contribution in [2.45, 2.75) is 33.6 Å². The molecule has 0 aliphatic carbocycles. The molecule has 5 heteroatoms. The molecule has 0 spiro atoms. The zero-order valence-electron chi connectivity index (χ0n) is 11.1. The van der Waals surface area contributed by atoms with Gasteiger partial charge in [-0.15, -0.1) is 0 Å². The highest BCUT2D eigenvalue weighted by atomic mass is 35.5. The largest absolute Gasteiger partial charge is 0.478 e. The van der Waals surface area contributed by atoms with Gasteiger partial charge in [0.25, 0.3) is 0 Å². The number of rotatable bonds is 4. The topological polar surface area (TPSA) is 54.4 Å². The third-order valence-electron chi connectivity index (χ3n) is 2.86. The van der Waals surface area contributed by atoms with Gasteiger partial charge < -0.3 is 5.11 Å².